The third-order valence-electron chi connectivity index (χ3n) is 3.34. The highest BCUT2D eigenvalue weighted by molar-refractivity contribution is 8.00. The maximum Gasteiger partial charge on any atom is 0.0770 e. The Morgan fingerprint density at radius 1 is 1.53 bits per heavy atom. The summed E-state index contributed by atoms with van der Waals surface area (Å²) in [5.74, 6) is 1.26. The van der Waals surface area contributed by atoms with Crippen molar-refractivity contribution in [3.8, 4) is 0 Å². The molecule has 1 aromatic heterocycles. The highest BCUT2D eigenvalue weighted by atomic mass is 32.2. The summed E-state index contributed by atoms with van der Waals surface area (Å²) < 4.78 is 0.269. The van der Waals surface area contributed by atoms with Gasteiger partial charge in [0.05, 0.1) is 17.9 Å². The van der Waals surface area contributed by atoms with Crippen molar-refractivity contribution in [2.24, 2.45) is 0 Å². The molecule has 17 heavy (non-hydrogen) atoms. The quantitative estimate of drug-likeness (QED) is 0.873. The summed E-state index contributed by atoms with van der Waals surface area (Å²) in [6, 6.07) is 0.323. The fraction of sp³-hybridized carbons (Fsp3) is 0.692. The van der Waals surface area contributed by atoms with Crippen LogP contribution in [0.2, 0.25) is 0 Å². The molecule has 2 rings (SSSR count). The summed E-state index contributed by atoms with van der Waals surface area (Å²) in [7, 11) is 0. The molecule has 0 bridgehead atoms. The molecule has 0 amide bonds. The third kappa shape index (κ3) is 2.99. The Bertz CT molecular complexity index is 336. The van der Waals surface area contributed by atoms with Crippen LogP contribution < -0.4 is 5.32 Å². The van der Waals surface area contributed by atoms with Gasteiger partial charge in [0.2, 0.25) is 0 Å². The van der Waals surface area contributed by atoms with E-state index < -0.39 is 0 Å². The molecule has 0 saturated carbocycles. The van der Waals surface area contributed by atoms with E-state index in [1.807, 2.05) is 6.20 Å². The molecule has 1 aromatic rings. The van der Waals surface area contributed by atoms with Crippen LogP contribution in [0.4, 0.5) is 0 Å². The van der Waals surface area contributed by atoms with Crippen LogP contribution in [0.1, 0.15) is 44.8 Å². The predicted octanol–water partition coefficient (Wildman–Crippen LogP) is 2.80. The zero-order valence-corrected chi connectivity index (χ0v) is 11.5. The van der Waals surface area contributed by atoms with Gasteiger partial charge in [-0.05, 0) is 38.5 Å². The lowest BCUT2D eigenvalue weighted by Crippen LogP contribution is -2.38. The minimum atomic E-state index is 0.269. The van der Waals surface area contributed by atoms with Crippen LogP contribution in [0.15, 0.2) is 18.6 Å². The summed E-state index contributed by atoms with van der Waals surface area (Å²) in [5, 5.41) is 3.64. The van der Waals surface area contributed by atoms with Gasteiger partial charge in [0, 0.05) is 17.1 Å². The van der Waals surface area contributed by atoms with Gasteiger partial charge in [-0.1, -0.05) is 6.92 Å². The van der Waals surface area contributed by atoms with Crippen molar-refractivity contribution in [3.05, 3.63) is 24.3 Å². The van der Waals surface area contributed by atoms with Crippen LogP contribution in [-0.2, 0) is 0 Å². The second-order valence-electron chi connectivity index (χ2n) is 4.78. The normalized spacial score (nSPS) is 26.0. The first-order valence-electron chi connectivity index (χ1n) is 6.39. The van der Waals surface area contributed by atoms with Gasteiger partial charge >= 0.3 is 0 Å². The summed E-state index contributed by atoms with van der Waals surface area (Å²) in [6.45, 7) is 5.59. The molecule has 2 unspecified atom stereocenters. The number of hydrogen-bond donors (Lipinski definition) is 1. The maximum absolute atomic E-state index is 4.48. The third-order valence-corrected chi connectivity index (χ3v) is 4.93. The van der Waals surface area contributed by atoms with Crippen LogP contribution in [0.3, 0.4) is 0 Å². The zero-order chi connectivity index (χ0) is 12.1. The number of nitrogens with one attached hydrogen (secondary N) is 1. The van der Waals surface area contributed by atoms with Gasteiger partial charge in [0.25, 0.3) is 0 Å². The molecule has 2 heterocycles. The molecule has 1 fully saturated rings. The molecule has 4 heteroatoms. The van der Waals surface area contributed by atoms with Crippen LogP contribution in [-0.4, -0.2) is 27.0 Å². The second-order valence-corrected chi connectivity index (χ2v) is 6.41. The van der Waals surface area contributed by atoms with Gasteiger partial charge in [-0.3, -0.25) is 9.97 Å². The molecule has 1 N–H and O–H groups in total. The minimum absolute atomic E-state index is 0.269. The van der Waals surface area contributed by atoms with E-state index in [0.717, 1.165) is 18.7 Å². The van der Waals surface area contributed by atoms with Crippen molar-refractivity contribution < 1.29 is 0 Å². The van der Waals surface area contributed by atoms with Crippen LogP contribution in [0.25, 0.3) is 0 Å². The Kier molecular flexibility index (Phi) is 4.40. The largest absolute Gasteiger partial charge is 0.307 e. The average molecular weight is 251 g/mol. The van der Waals surface area contributed by atoms with Crippen molar-refractivity contribution in [2.45, 2.75) is 43.9 Å². The highest BCUT2D eigenvalue weighted by Crippen LogP contribution is 2.45. The number of rotatable bonds is 5. The van der Waals surface area contributed by atoms with E-state index in [0.29, 0.717) is 6.04 Å². The second kappa shape index (κ2) is 5.83. The van der Waals surface area contributed by atoms with Crippen LogP contribution in [0.5, 0.6) is 0 Å². The number of aromatic nitrogens is 2. The van der Waals surface area contributed by atoms with Gasteiger partial charge in [-0.15, -0.1) is 0 Å². The van der Waals surface area contributed by atoms with Gasteiger partial charge in [-0.25, -0.2) is 0 Å². The van der Waals surface area contributed by atoms with Crippen molar-refractivity contribution in [1.82, 2.24) is 15.3 Å². The Balaban J connectivity index is 2.18. The monoisotopic (exact) mass is 251 g/mol. The molecule has 0 aliphatic carbocycles. The lowest BCUT2D eigenvalue weighted by Gasteiger charge is -2.33. The Morgan fingerprint density at radius 2 is 2.41 bits per heavy atom. The topological polar surface area (TPSA) is 37.8 Å². The maximum atomic E-state index is 4.48. The Labute approximate surface area is 108 Å². The number of nitrogens with zero attached hydrogens (tertiary/aromatic N) is 2. The first kappa shape index (κ1) is 12.8. The van der Waals surface area contributed by atoms with E-state index in [9.17, 15) is 0 Å². The van der Waals surface area contributed by atoms with E-state index in [1.165, 1.54) is 18.6 Å². The SMILES string of the molecule is CCCNC(c1cnccn1)C1(C)CCCS1. The summed E-state index contributed by atoms with van der Waals surface area (Å²) in [4.78, 5) is 8.69. The average Bonchev–Trinajstić information content (AvgIpc) is 2.79. The molecular weight excluding hydrogens is 230 g/mol. The molecule has 1 aliphatic rings. The fourth-order valence-corrected chi connectivity index (χ4v) is 3.82. The van der Waals surface area contributed by atoms with Crippen molar-refractivity contribution in [3.63, 3.8) is 0 Å². The highest BCUT2D eigenvalue weighted by Gasteiger charge is 2.39. The van der Waals surface area contributed by atoms with Gasteiger partial charge in [0.1, 0.15) is 0 Å². The smallest absolute Gasteiger partial charge is 0.0770 e. The molecule has 3 nitrogen and oxygen atoms in total. The lowest BCUT2D eigenvalue weighted by atomic mass is 9.93. The fourth-order valence-electron chi connectivity index (χ4n) is 2.41. The lowest BCUT2D eigenvalue weighted by molar-refractivity contribution is 0.404. The summed E-state index contributed by atoms with van der Waals surface area (Å²) in [5.41, 5.74) is 1.08. The molecule has 1 aliphatic heterocycles. The first-order valence-corrected chi connectivity index (χ1v) is 7.38. The zero-order valence-electron chi connectivity index (χ0n) is 10.6. The number of thioether (sulfide) groups is 1. The van der Waals surface area contributed by atoms with Gasteiger partial charge in [-0.2, -0.15) is 11.8 Å². The molecule has 0 spiro atoms. The van der Waals surface area contributed by atoms with Crippen molar-refractivity contribution in [1.29, 1.82) is 0 Å². The molecular formula is C13H21N3S. The van der Waals surface area contributed by atoms with E-state index >= 15 is 0 Å². The van der Waals surface area contributed by atoms with Crippen LogP contribution in [0, 0.1) is 0 Å². The van der Waals surface area contributed by atoms with Gasteiger partial charge < -0.3 is 5.32 Å². The van der Waals surface area contributed by atoms with E-state index in [-0.39, 0.29) is 4.75 Å². The first-order chi connectivity index (χ1) is 8.26. The minimum Gasteiger partial charge on any atom is -0.307 e. The van der Waals surface area contributed by atoms with Crippen LogP contribution >= 0.6 is 11.8 Å². The Morgan fingerprint density at radius 3 is 3.00 bits per heavy atom. The summed E-state index contributed by atoms with van der Waals surface area (Å²) in [6.07, 6.45) is 9.15. The van der Waals surface area contributed by atoms with E-state index in [2.05, 4.69) is 40.9 Å². The van der Waals surface area contributed by atoms with Crippen molar-refractivity contribution in [2.75, 3.05) is 12.3 Å². The Hall–Kier alpha value is -0.610. The standard InChI is InChI=1S/C13H21N3S/c1-3-6-16-12(11-10-14-7-8-15-11)13(2)5-4-9-17-13/h7-8,10,12,16H,3-6,9H2,1-2H3. The predicted molar refractivity (Wildman–Crippen MR) is 73.2 cm³/mol. The molecule has 2 atom stereocenters. The molecule has 94 valence electrons. The molecule has 0 aromatic carbocycles. The molecule has 1 saturated heterocycles. The van der Waals surface area contributed by atoms with E-state index in [4.69, 9.17) is 0 Å². The van der Waals surface area contributed by atoms with E-state index in [1.54, 1.807) is 12.4 Å². The molecule has 0 radical (unpaired) electrons. The number of hydrogen-bond acceptors (Lipinski definition) is 4. The van der Waals surface area contributed by atoms with Crippen molar-refractivity contribution >= 4 is 11.8 Å². The van der Waals surface area contributed by atoms with Gasteiger partial charge in [0.15, 0.2) is 0 Å². The summed E-state index contributed by atoms with van der Waals surface area (Å²) >= 11 is 2.07.